The van der Waals surface area contributed by atoms with Crippen molar-refractivity contribution in [3.05, 3.63) is 0 Å². The molecule has 4 N–H and O–H groups in total. The van der Waals surface area contributed by atoms with Crippen LogP contribution in [0.5, 0.6) is 0 Å². The van der Waals surface area contributed by atoms with Gasteiger partial charge < -0.3 is 20.6 Å². The van der Waals surface area contributed by atoms with E-state index in [-0.39, 0.29) is 31.2 Å². The number of carbonyl (C=O) groups is 2. The fourth-order valence-electron chi connectivity index (χ4n) is 1.10. The van der Waals surface area contributed by atoms with Gasteiger partial charge in [-0.05, 0) is 12.8 Å². The maximum absolute atomic E-state index is 11.3. The number of hydrogen-bond acceptors (Lipinski definition) is 4. The molecule has 2 atom stereocenters. The number of carboxylic acids is 1. The minimum absolute atomic E-state index is 0.0534. The molecule has 0 fully saturated rings. The third kappa shape index (κ3) is 7.19. The molecule has 94 valence electrons. The Balaban J connectivity index is 3.87. The van der Waals surface area contributed by atoms with Crippen LogP contribution in [0.4, 0.5) is 0 Å². The lowest BCUT2D eigenvalue weighted by molar-refractivity contribution is -0.138. The van der Waals surface area contributed by atoms with Crippen molar-refractivity contribution < 1.29 is 24.9 Å². The smallest absolute Gasteiger partial charge is 0.303 e. The molecule has 0 radical (unpaired) electrons. The van der Waals surface area contributed by atoms with Crippen molar-refractivity contribution in [1.82, 2.24) is 5.32 Å². The first-order valence-corrected chi connectivity index (χ1v) is 5.08. The van der Waals surface area contributed by atoms with Gasteiger partial charge in [0.15, 0.2) is 0 Å². The number of rotatable bonds is 7. The van der Waals surface area contributed by atoms with E-state index in [4.69, 9.17) is 10.2 Å². The lowest BCUT2D eigenvalue weighted by Crippen LogP contribution is -2.43. The molecule has 6 heteroatoms. The van der Waals surface area contributed by atoms with Crippen LogP contribution in [0.2, 0.25) is 0 Å². The summed E-state index contributed by atoms with van der Waals surface area (Å²) in [7, 11) is 0. The summed E-state index contributed by atoms with van der Waals surface area (Å²) in [6.07, 6.45) is 0.0254. The van der Waals surface area contributed by atoms with Gasteiger partial charge in [0.05, 0.1) is 6.61 Å². The molecule has 0 saturated carbocycles. The van der Waals surface area contributed by atoms with Crippen molar-refractivity contribution in [1.29, 1.82) is 0 Å². The van der Waals surface area contributed by atoms with Gasteiger partial charge in [-0.1, -0.05) is 6.92 Å². The monoisotopic (exact) mass is 233 g/mol. The third-order valence-corrected chi connectivity index (χ3v) is 2.06. The Morgan fingerprint density at radius 1 is 1.38 bits per heavy atom. The fraction of sp³-hybridized carbons (Fsp3) is 0.800. The van der Waals surface area contributed by atoms with E-state index in [1.54, 1.807) is 6.92 Å². The topological polar surface area (TPSA) is 107 Å². The predicted molar refractivity (Wildman–Crippen MR) is 56.8 cm³/mol. The van der Waals surface area contributed by atoms with Crippen molar-refractivity contribution in [3.63, 3.8) is 0 Å². The van der Waals surface area contributed by atoms with Crippen LogP contribution in [0.15, 0.2) is 0 Å². The zero-order valence-corrected chi connectivity index (χ0v) is 9.56. The van der Waals surface area contributed by atoms with Crippen LogP contribution in [0, 0.1) is 5.92 Å². The SMILES string of the molecule is CC(CC(=O)O)CC(=O)NCC(C)(O)CO. The Hall–Kier alpha value is -1.14. The second kappa shape index (κ2) is 6.44. The Morgan fingerprint density at radius 3 is 2.38 bits per heavy atom. The molecule has 0 aromatic carbocycles. The van der Waals surface area contributed by atoms with E-state index in [2.05, 4.69) is 5.32 Å². The molecule has 6 nitrogen and oxygen atoms in total. The van der Waals surface area contributed by atoms with E-state index >= 15 is 0 Å². The number of carbonyl (C=O) groups excluding carboxylic acids is 1. The zero-order chi connectivity index (χ0) is 12.8. The summed E-state index contributed by atoms with van der Waals surface area (Å²) in [5, 5.41) is 29.0. The molecule has 0 aromatic rings. The second-order valence-electron chi connectivity index (χ2n) is 4.34. The van der Waals surface area contributed by atoms with Crippen LogP contribution in [0.3, 0.4) is 0 Å². The molecule has 0 heterocycles. The van der Waals surface area contributed by atoms with E-state index in [0.717, 1.165) is 0 Å². The van der Waals surface area contributed by atoms with Crippen LogP contribution in [-0.4, -0.2) is 45.9 Å². The molecule has 0 aliphatic rings. The van der Waals surface area contributed by atoms with E-state index in [9.17, 15) is 14.7 Å². The summed E-state index contributed by atoms with van der Waals surface area (Å²) in [5.41, 5.74) is -1.34. The molecule has 0 aromatic heterocycles. The molecule has 0 bridgehead atoms. The standard InChI is InChI=1S/C10H19NO5/c1-7(4-9(14)15)3-8(13)11-5-10(2,16)6-12/h7,12,16H,3-6H2,1-2H3,(H,11,13)(H,14,15). The van der Waals surface area contributed by atoms with Gasteiger partial charge in [-0.25, -0.2) is 0 Å². The number of aliphatic hydroxyl groups is 2. The molecule has 2 unspecified atom stereocenters. The van der Waals surface area contributed by atoms with Crippen molar-refractivity contribution in [3.8, 4) is 0 Å². The number of amides is 1. The average Bonchev–Trinajstić information content (AvgIpc) is 2.13. The first-order chi connectivity index (χ1) is 7.26. The van der Waals surface area contributed by atoms with Crippen LogP contribution in [0.25, 0.3) is 0 Å². The van der Waals surface area contributed by atoms with Gasteiger partial charge in [0.1, 0.15) is 5.60 Å². The summed E-state index contributed by atoms with van der Waals surface area (Å²) in [5.74, 6) is -1.53. The van der Waals surface area contributed by atoms with Crippen LogP contribution in [0.1, 0.15) is 26.7 Å². The number of aliphatic hydroxyl groups excluding tert-OH is 1. The van der Waals surface area contributed by atoms with E-state index < -0.39 is 18.2 Å². The van der Waals surface area contributed by atoms with Crippen molar-refractivity contribution >= 4 is 11.9 Å². The molecular weight excluding hydrogens is 214 g/mol. The Kier molecular flexibility index (Phi) is 5.98. The van der Waals surface area contributed by atoms with E-state index in [1.807, 2.05) is 0 Å². The quantitative estimate of drug-likeness (QED) is 0.467. The van der Waals surface area contributed by atoms with E-state index in [0.29, 0.717) is 0 Å². The lowest BCUT2D eigenvalue weighted by atomic mass is 10.0. The first kappa shape index (κ1) is 14.9. The molecule has 0 rings (SSSR count). The molecule has 0 aliphatic carbocycles. The van der Waals surface area contributed by atoms with E-state index in [1.165, 1.54) is 6.92 Å². The van der Waals surface area contributed by atoms with Crippen LogP contribution in [-0.2, 0) is 9.59 Å². The largest absolute Gasteiger partial charge is 0.481 e. The molecule has 0 saturated heterocycles. The minimum atomic E-state index is -1.34. The summed E-state index contributed by atoms with van der Waals surface area (Å²) >= 11 is 0. The van der Waals surface area contributed by atoms with Crippen LogP contribution < -0.4 is 5.32 Å². The van der Waals surface area contributed by atoms with Gasteiger partial charge in [-0.15, -0.1) is 0 Å². The zero-order valence-electron chi connectivity index (χ0n) is 9.56. The summed E-state index contributed by atoms with van der Waals surface area (Å²) in [6.45, 7) is 2.56. The highest BCUT2D eigenvalue weighted by Crippen LogP contribution is 2.07. The normalized spacial score (nSPS) is 16.2. The second-order valence-corrected chi connectivity index (χ2v) is 4.34. The molecule has 0 aliphatic heterocycles. The number of aliphatic carboxylic acids is 1. The number of hydrogen-bond donors (Lipinski definition) is 4. The lowest BCUT2D eigenvalue weighted by Gasteiger charge is -2.21. The number of carboxylic acid groups (broad SMARTS) is 1. The van der Waals surface area contributed by atoms with Crippen molar-refractivity contribution in [2.45, 2.75) is 32.3 Å². The van der Waals surface area contributed by atoms with Gasteiger partial charge in [0, 0.05) is 19.4 Å². The Labute approximate surface area is 94.3 Å². The molecular formula is C10H19NO5. The highest BCUT2D eigenvalue weighted by Gasteiger charge is 2.20. The number of nitrogens with one attached hydrogen (secondary N) is 1. The maximum atomic E-state index is 11.3. The predicted octanol–water partition coefficient (Wildman–Crippen LogP) is -0.653. The molecule has 0 spiro atoms. The van der Waals surface area contributed by atoms with Crippen molar-refractivity contribution in [2.24, 2.45) is 5.92 Å². The molecule has 16 heavy (non-hydrogen) atoms. The van der Waals surface area contributed by atoms with Gasteiger partial charge >= 0.3 is 5.97 Å². The van der Waals surface area contributed by atoms with Crippen LogP contribution >= 0.6 is 0 Å². The third-order valence-electron chi connectivity index (χ3n) is 2.06. The Bertz CT molecular complexity index is 252. The summed E-state index contributed by atoms with van der Waals surface area (Å²) in [4.78, 5) is 21.7. The fourth-order valence-corrected chi connectivity index (χ4v) is 1.10. The highest BCUT2D eigenvalue weighted by atomic mass is 16.4. The van der Waals surface area contributed by atoms with Gasteiger partial charge in [-0.2, -0.15) is 0 Å². The van der Waals surface area contributed by atoms with Gasteiger partial charge in [0.25, 0.3) is 0 Å². The van der Waals surface area contributed by atoms with Crippen molar-refractivity contribution in [2.75, 3.05) is 13.2 Å². The average molecular weight is 233 g/mol. The first-order valence-electron chi connectivity index (χ1n) is 5.08. The minimum Gasteiger partial charge on any atom is -0.481 e. The summed E-state index contributed by atoms with van der Waals surface area (Å²) < 4.78 is 0. The highest BCUT2D eigenvalue weighted by molar-refractivity contribution is 5.77. The van der Waals surface area contributed by atoms with Gasteiger partial charge in [-0.3, -0.25) is 9.59 Å². The maximum Gasteiger partial charge on any atom is 0.303 e. The Morgan fingerprint density at radius 2 is 1.94 bits per heavy atom. The summed E-state index contributed by atoms with van der Waals surface area (Å²) in [6, 6.07) is 0. The van der Waals surface area contributed by atoms with Gasteiger partial charge in [0.2, 0.25) is 5.91 Å². The molecule has 1 amide bonds.